The highest BCUT2D eigenvalue weighted by molar-refractivity contribution is 7.92. The standard InChI is InChI=1S/C28H31ClFN3O4S/c1-3-4-18-31-28(35)21(2)32(19-22-10-12-23(29)13-11-22)27(34)20-33(25-16-14-24(30)15-17-25)38(36,37)26-8-6-5-7-9-26/h5-17,21H,3-4,18-20H2,1-2H3,(H,31,35)/t21-/m0/s1. The van der Waals surface area contributed by atoms with E-state index in [-0.39, 0.29) is 23.0 Å². The van der Waals surface area contributed by atoms with E-state index in [9.17, 15) is 22.4 Å². The van der Waals surface area contributed by atoms with Crippen LogP contribution in [0.2, 0.25) is 5.02 Å². The lowest BCUT2D eigenvalue weighted by Crippen LogP contribution is -2.51. The second-order valence-electron chi connectivity index (χ2n) is 8.77. The molecule has 1 atom stereocenters. The van der Waals surface area contributed by atoms with Gasteiger partial charge in [-0.15, -0.1) is 0 Å². The van der Waals surface area contributed by atoms with Gasteiger partial charge < -0.3 is 10.2 Å². The molecule has 0 fully saturated rings. The SMILES string of the molecule is CCCCNC(=O)[C@H](C)N(Cc1ccc(Cl)cc1)C(=O)CN(c1ccc(F)cc1)S(=O)(=O)c1ccccc1. The molecule has 3 aromatic carbocycles. The number of halogens is 2. The molecule has 0 bridgehead atoms. The average molecular weight is 560 g/mol. The first-order valence-corrected chi connectivity index (χ1v) is 14.1. The normalized spacial score (nSPS) is 12.0. The van der Waals surface area contributed by atoms with E-state index >= 15 is 0 Å². The largest absolute Gasteiger partial charge is 0.354 e. The molecule has 202 valence electrons. The summed E-state index contributed by atoms with van der Waals surface area (Å²) >= 11 is 6.01. The van der Waals surface area contributed by atoms with Crippen molar-refractivity contribution in [1.29, 1.82) is 0 Å². The Morgan fingerprint density at radius 1 is 0.974 bits per heavy atom. The maximum absolute atomic E-state index is 13.8. The van der Waals surface area contributed by atoms with E-state index in [1.807, 2.05) is 6.92 Å². The summed E-state index contributed by atoms with van der Waals surface area (Å²) in [5.74, 6) is -1.49. The van der Waals surface area contributed by atoms with E-state index in [4.69, 9.17) is 11.6 Å². The molecule has 1 N–H and O–H groups in total. The van der Waals surface area contributed by atoms with Gasteiger partial charge in [0.1, 0.15) is 18.4 Å². The minimum absolute atomic E-state index is 0.0215. The van der Waals surface area contributed by atoms with Gasteiger partial charge in [-0.25, -0.2) is 12.8 Å². The number of amides is 2. The smallest absolute Gasteiger partial charge is 0.264 e. The topological polar surface area (TPSA) is 86.8 Å². The Hall–Kier alpha value is -3.43. The van der Waals surface area contributed by atoms with E-state index in [0.29, 0.717) is 11.6 Å². The molecule has 0 radical (unpaired) electrons. The molecule has 0 aromatic heterocycles. The Morgan fingerprint density at radius 2 is 1.61 bits per heavy atom. The first-order chi connectivity index (χ1) is 18.1. The molecule has 10 heteroatoms. The lowest BCUT2D eigenvalue weighted by molar-refractivity contribution is -0.139. The molecule has 3 aromatic rings. The fraction of sp³-hybridized carbons (Fsp3) is 0.286. The van der Waals surface area contributed by atoms with E-state index < -0.39 is 34.3 Å². The fourth-order valence-corrected chi connectivity index (χ4v) is 5.32. The molecule has 0 unspecified atom stereocenters. The summed E-state index contributed by atoms with van der Waals surface area (Å²) in [6.07, 6.45) is 1.68. The van der Waals surface area contributed by atoms with Gasteiger partial charge in [-0.3, -0.25) is 13.9 Å². The maximum Gasteiger partial charge on any atom is 0.264 e. The molecule has 3 rings (SSSR count). The molecule has 7 nitrogen and oxygen atoms in total. The van der Waals surface area contributed by atoms with E-state index in [1.54, 1.807) is 49.4 Å². The number of unbranched alkanes of at least 4 members (excludes halogenated alkanes) is 1. The molecule has 38 heavy (non-hydrogen) atoms. The summed E-state index contributed by atoms with van der Waals surface area (Å²) in [6, 6.07) is 18.5. The van der Waals surface area contributed by atoms with Crippen LogP contribution in [0.3, 0.4) is 0 Å². The minimum Gasteiger partial charge on any atom is -0.354 e. The van der Waals surface area contributed by atoms with Gasteiger partial charge in [0.25, 0.3) is 10.0 Å². The van der Waals surface area contributed by atoms with Crippen LogP contribution in [0.4, 0.5) is 10.1 Å². The van der Waals surface area contributed by atoms with Crippen LogP contribution in [0.5, 0.6) is 0 Å². The number of sulfonamides is 1. The van der Waals surface area contributed by atoms with Gasteiger partial charge in [-0.05, 0) is 67.4 Å². The fourth-order valence-electron chi connectivity index (χ4n) is 3.76. The molecule has 0 aliphatic carbocycles. The van der Waals surface area contributed by atoms with Gasteiger partial charge >= 0.3 is 0 Å². The van der Waals surface area contributed by atoms with E-state index in [2.05, 4.69) is 5.32 Å². The molecule has 0 heterocycles. The lowest BCUT2D eigenvalue weighted by atomic mass is 10.1. The van der Waals surface area contributed by atoms with Gasteiger partial charge in [0.15, 0.2) is 0 Å². The van der Waals surface area contributed by atoms with Crippen LogP contribution in [0, 0.1) is 5.82 Å². The van der Waals surface area contributed by atoms with Crippen LogP contribution in [0.25, 0.3) is 0 Å². The summed E-state index contributed by atoms with van der Waals surface area (Å²) in [5.41, 5.74) is 0.838. The second kappa shape index (κ2) is 13.4. The predicted octanol–water partition coefficient (Wildman–Crippen LogP) is 5.01. The number of hydrogen-bond acceptors (Lipinski definition) is 4. The highest BCUT2D eigenvalue weighted by Gasteiger charge is 2.32. The summed E-state index contributed by atoms with van der Waals surface area (Å²) in [6.45, 7) is 3.53. The molecule has 0 saturated carbocycles. The van der Waals surface area contributed by atoms with Crippen molar-refractivity contribution in [3.63, 3.8) is 0 Å². The first kappa shape index (κ1) is 29.1. The minimum atomic E-state index is -4.19. The monoisotopic (exact) mass is 559 g/mol. The van der Waals surface area contributed by atoms with Crippen LogP contribution < -0.4 is 9.62 Å². The first-order valence-electron chi connectivity index (χ1n) is 12.3. The maximum atomic E-state index is 13.8. The highest BCUT2D eigenvalue weighted by Crippen LogP contribution is 2.25. The third-order valence-corrected chi connectivity index (χ3v) is 8.03. The quantitative estimate of drug-likeness (QED) is 0.316. The Labute approximate surface area is 228 Å². The zero-order chi connectivity index (χ0) is 27.7. The van der Waals surface area contributed by atoms with Gasteiger partial charge in [0, 0.05) is 18.1 Å². The van der Waals surface area contributed by atoms with Crippen LogP contribution in [0.15, 0.2) is 83.8 Å². The Kier molecular flexibility index (Phi) is 10.3. The number of anilines is 1. The van der Waals surface area contributed by atoms with Crippen LogP contribution in [-0.4, -0.2) is 44.3 Å². The Balaban J connectivity index is 1.97. The number of nitrogens with one attached hydrogen (secondary N) is 1. The molecule has 0 saturated heterocycles. The molecule has 2 amide bonds. The highest BCUT2D eigenvalue weighted by atomic mass is 35.5. The number of rotatable bonds is 12. The predicted molar refractivity (Wildman–Crippen MR) is 147 cm³/mol. The van der Waals surface area contributed by atoms with Gasteiger partial charge in [-0.2, -0.15) is 0 Å². The Morgan fingerprint density at radius 3 is 2.21 bits per heavy atom. The second-order valence-corrected chi connectivity index (χ2v) is 11.1. The molecular formula is C28H31ClFN3O4S. The number of nitrogens with zero attached hydrogens (tertiary/aromatic N) is 2. The zero-order valence-electron chi connectivity index (χ0n) is 21.3. The molecule has 0 aliphatic heterocycles. The molecular weight excluding hydrogens is 529 g/mol. The lowest BCUT2D eigenvalue weighted by Gasteiger charge is -2.32. The van der Waals surface area contributed by atoms with Crippen molar-refractivity contribution in [2.75, 3.05) is 17.4 Å². The van der Waals surface area contributed by atoms with Gasteiger partial charge in [0.05, 0.1) is 10.6 Å². The summed E-state index contributed by atoms with van der Waals surface area (Å²) in [5, 5.41) is 3.36. The summed E-state index contributed by atoms with van der Waals surface area (Å²) in [7, 11) is -4.19. The molecule has 0 aliphatic rings. The Bertz CT molecular complexity index is 1320. The van der Waals surface area contributed by atoms with Crippen molar-refractivity contribution in [3.05, 3.63) is 95.3 Å². The summed E-state index contributed by atoms with van der Waals surface area (Å²) < 4.78 is 41.8. The summed E-state index contributed by atoms with van der Waals surface area (Å²) in [4.78, 5) is 28.0. The van der Waals surface area contributed by atoms with E-state index in [1.165, 1.54) is 29.2 Å². The zero-order valence-corrected chi connectivity index (χ0v) is 22.9. The van der Waals surface area contributed by atoms with E-state index in [0.717, 1.165) is 34.8 Å². The van der Waals surface area contributed by atoms with Crippen molar-refractivity contribution in [2.45, 2.75) is 44.2 Å². The average Bonchev–Trinajstić information content (AvgIpc) is 2.92. The van der Waals surface area contributed by atoms with Crippen molar-refractivity contribution in [2.24, 2.45) is 0 Å². The van der Waals surface area contributed by atoms with Crippen molar-refractivity contribution in [1.82, 2.24) is 10.2 Å². The third kappa shape index (κ3) is 7.55. The molecule has 0 spiro atoms. The van der Waals surface area contributed by atoms with Gasteiger partial charge in [-0.1, -0.05) is 55.3 Å². The number of carbonyl (C=O) groups is 2. The van der Waals surface area contributed by atoms with Gasteiger partial charge in [0.2, 0.25) is 11.8 Å². The number of hydrogen-bond donors (Lipinski definition) is 1. The number of carbonyl (C=O) groups excluding carboxylic acids is 2. The third-order valence-electron chi connectivity index (χ3n) is 5.99. The van der Waals surface area contributed by atoms with Crippen molar-refractivity contribution < 1.29 is 22.4 Å². The van der Waals surface area contributed by atoms with Crippen LogP contribution in [-0.2, 0) is 26.2 Å². The van der Waals surface area contributed by atoms with Crippen LogP contribution >= 0.6 is 11.6 Å². The van der Waals surface area contributed by atoms with Crippen molar-refractivity contribution in [3.8, 4) is 0 Å². The number of benzene rings is 3. The van der Waals surface area contributed by atoms with Crippen molar-refractivity contribution >= 4 is 39.1 Å². The van der Waals surface area contributed by atoms with Crippen LogP contribution in [0.1, 0.15) is 32.3 Å².